The van der Waals surface area contributed by atoms with Crippen LogP contribution in [0.15, 0.2) is 12.4 Å². The van der Waals surface area contributed by atoms with Gasteiger partial charge >= 0.3 is 0 Å². The minimum absolute atomic E-state index is 0.596. The van der Waals surface area contributed by atoms with Gasteiger partial charge in [-0.05, 0) is 11.5 Å². The summed E-state index contributed by atoms with van der Waals surface area (Å²) in [5, 5.41) is 4.05. The van der Waals surface area contributed by atoms with E-state index < -0.39 is 0 Å². The Hall–Kier alpha value is -0.790. The Labute approximate surface area is 69.2 Å². The predicted octanol–water partition coefficient (Wildman–Crippen LogP) is 2.57. The number of hydrogen-bond donors (Lipinski definition) is 0. The molecule has 0 radical (unpaired) electrons. The zero-order valence-electron chi connectivity index (χ0n) is 8.13. The highest BCUT2D eigenvalue weighted by atomic mass is 15.2. The Morgan fingerprint density at radius 2 is 1.91 bits per heavy atom. The molecule has 0 aromatic carbocycles. The minimum atomic E-state index is 0.596. The van der Waals surface area contributed by atoms with E-state index >= 15 is 0 Å². The fourth-order valence-corrected chi connectivity index (χ4v) is 0.738. The summed E-state index contributed by atoms with van der Waals surface area (Å²) in [5.74, 6) is 0.596. The predicted molar refractivity (Wildman–Crippen MR) is 48.6 cm³/mol. The van der Waals surface area contributed by atoms with Gasteiger partial charge in [-0.1, -0.05) is 27.7 Å². The highest BCUT2D eigenvalue weighted by Crippen LogP contribution is 2.10. The van der Waals surface area contributed by atoms with E-state index in [-0.39, 0.29) is 0 Å². The molecule has 0 N–H and O–H groups in total. The molecule has 11 heavy (non-hydrogen) atoms. The highest BCUT2D eigenvalue weighted by molar-refractivity contribution is 5.08. The van der Waals surface area contributed by atoms with Gasteiger partial charge in [-0.3, -0.25) is 4.68 Å². The van der Waals surface area contributed by atoms with Gasteiger partial charge in [0.15, 0.2) is 0 Å². The molecular weight excluding hydrogens is 136 g/mol. The van der Waals surface area contributed by atoms with Crippen LogP contribution in [-0.4, -0.2) is 9.78 Å². The Morgan fingerprint density at radius 3 is 2.09 bits per heavy atom. The standard InChI is InChI=1S/C7H12N2.C2H6/c1-6(2)7-4-8-9(3)5-7;1-2/h4-6H,1-3H3;1-2H3. The third-order valence-corrected chi connectivity index (χ3v) is 1.39. The second kappa shape index (κ2) is 4.94. The zero-order chi connectivity index (χ0) is 8.85. The number of aromatic nitrogens is 2. The lowest BCUT2D eigenvalue weighted by Gasteiger charge is -1.95. The molecule has 0 aliphatic carbocycles. The van der Waals surface area contributed by atoms with Crippen LogP contribution in [0, 0.1) is 0 Å². The van der Waals surface area contributed by atoms with E-state index in [0.717, 1.165) is 0 Å². The molecule has 0 atom stereocenters. The second-order valence-corrected chi connectivity index (χ2v) is 2.60. The second-order valence-electron chi connectivity index (χ2n) is 2.60. The molecule has 2 nitrogen and oxygen atoms in total. The van der Waals surface area contributed by atoms with Crippen molar-refractivity contribution in [1.29, 1.82) is 0 Å². The fraction of sp³-hybridized carbons (Fsp3) is 0.667. The topological polar surface area (TPSA) is 17.8 Å². The van der Waals surface area contributed by atoms with Crippen molar-refractivity contribution in [3.63, 3.8) is 0 Å². The van der Waals surface area contributed by atoms with Crippen LogP contribution in [0.2, 0.25) is 0 Å². The Morgan fingerprint density at radius 1 is 1.36 bits per heavy atom. The maximum atomic E-state index is 4.05. The molecule has 0 unspecified atom stereocenters. The molecule has 1 rings (SSSR count). The van der Waals surface area contributed by atoms with Crippen LogP contribution in [-0.2, 0) is 7.05 Å². The van der Waals surface area contributed by atoms with Crippen LogP contribution in [0.5, 0.6) is 0 Å². The largest absolute Gasteiger partial charge is 0.276 e. The van der Waals surface area contributed by atoms with E-state index in [1.54, 1.807) is 0 Å². The SMILES string of the molecule is CC.CC(C)c1cnn(C)c1. The molecule has 1 aromatic rings. The summed E-state index contributed by atoms with van der Waals surface area (Å²) < 4.78 is 1.83. The van der Waals surface area contributed by atoms with Gasteiger partial charge in [0.2, 0.25) is 0 Å². The number of hydrogen-bond acceptors (Lipinski definition) is 1. The molecule has 0 saturated heterocycles. The van der Waals surface area contributed by atoms with Crippen LogP contribution in [0.4, 0.5) is 0 Å². The molecular formula is C9H18N2. The summed E-state index contributed by atoms with van der Waals surface area (Å²) in [6, 6.07) is 0. The minimum Gasteiger partial charge on any atom is -0.276 e. The van der Waals surface area contributed by atoms with Crippen molar-refractivity contribution < 1.29 is 0 Å². The maximum absolute atomic E-state index is 4.05. The van der Waals surface area contributed by atoms with Crippen molar-refractivity contribution in [2.24, 2.45) is 7.05 Å². The first kappa shape index (κ1) is 10.2. The zero-order valence-corrected chi connectivity index (χ0v) is 8.13. The first-order valence-corrected chi connectivity index (χ1v) is 4.18. The van der Waals surface area contributed by atoms with Crippen molar-refractivity contribution in [2.75, 3.05) is 0 Å². The molecule has 1 heterocycles. The average molecular weight is 154 g/mol. The van der Waals surface area contributed by atoms with Crippen LogP contribution in [0.25, 0.3) is 0 Å². The summed E-state index contributed by atoms with van der Waals surface area (Å²) >= 11 is 0. The normalized spacial score (nSPS) is 9.27. The molecule has 64 valence electrons. The third kappa shape index (κ3) is 3.21. The highest BCUT2D eigenvalue weighted by Gasteiger charge is 1.98. The molecule has 0 spiro atoms. The number of nitrogens with zero attached hydrogens (tertiary/aromatic N) is 2. The Kier molecular flexibility index (Phi) is 4.59. The van der Waals surface area contributed by atoms with Gasteiger partial charge in [-0.2, -0.15) is 5.10 Å². The van der Waals surface area contributed by atoms with Crippen LogP contribution >= 0.6 is 0 Å². The molecule has 0 amide bonds. The number of rotatable bonds is 1. The van der Waals surface area contributed by atoms with E-state index in [4.69, 9.17) is 0 Å². The first-order valence-electron chi connectivity index (χ1n) is 4.18. The average Bonchev–Trinajstić information content (AvgIpc) is 2.40. The molecule has 0 bridgehead atoms. The van der Waals surface area contributed by atoms with Crippen LogP contribution in [0.1, 0.15) is 39.2 Å². The number of aryl methyl sites for hydroxylation is 1. The molecule has 0 saturated carbocycles. The van der Waals surface area contributed by atoms with E-state index in [1.165, 1.54) is 5.56 Å². The van der Waals surface area contributed by atoms with Crippen molar-refractivity contribution in [2.45, 2.75) is 33.6 Å². The van der Waals surface area contributed by atoms with Crippen molar-refractivity contribution in [1.82, 2.24) is 9.78 Å². The van der Waals surface area contributed by atoms with Gasteiger partial charge in [0.25, 0.3) is 0 Å². The van der Waals surface area contributed by atoms with Crippen molar-refractivity contribution in [3.8, 4) is 0 Å². The van der Waals surface area contributed by atoms with Crippen molar-refractivity contribution in [3.05, 3.63) is 18.0 Å². The quantitative estimate of drug-likeness (QED) is 0.608. The molecule has 0 aliphatic heterocycles. The van der Waals surface area contributed by atoms with E-state index in [9.17, 15) is 0 Å². The molecule has 1 aromatic heterocycles. The van der Waals surface area contributed by atoms with E-state index in [2.05, 4.69) is 18.9 Å². The van der Waals surface area contributed by atoms with Gasteiger partial charge in [-0.15, -0.1) is 0 Å². The monoisotopic (exact) mass is 154 g/mol. The lowest BCUT2D eigenvalue weighted by molar-refractivity contribution is 0.764. The molecule has 2 heteroatoms. The molecule has 0 aliphatic rings. The Bertz CT molecular complexity index is 189. The van der Waals surface area contributed by atoms with Gasteiger partial charge < -0.3 is 0 Å². The third-order valence-electron chi connectivity index (χ3n) is 1.39. The smallest absolute Gasteiger partial charge is 0.0524 e. The van der Waals surface area contributed by atoms with Gasteiger partial charge in [0.1, 0.15) is 0 Å². The maximum Gasteiger partial charge on any atom is 0.0524 e. The summed E-state index contributed by atoms with van der Waals surface area (Å²) in [6.07, 6.45) is 3.95. The van der Waals surface area contributed by atoms with Gasteiger partial charge in [0.05, 0.1) is 6.20 Å². The first-order chi connectivity index (χ1) is 5.20. The fourth-order valence-electron chi connectivity index (χ4n) is 0.738. The van der Waals surface area contributed by atoms with E-state index in [0.29, 0.717) is 5.92 Å². The summed E-state index contributed by atoms with van der Waals surface area (Å²) in [7, 11) is 1.94. The van der Waals surface area contributed by atoms with E-state index in [1.807, 2.05) is 38.0 Å². The summed E-state index contributed by atoms with van der Waals surface area (Å²) in [6.45, 7) is 8.33. The molecule has 0 fully saturated rings. The lowest BCUT2D eigenvalue weighted by Crippen LogP contribution is -1.85. The van der Waals surface area contributed by atoms with Gasteiger partial charge in [-0.25, -0.2) is 0 Å². The van der Waals surface area contributed by atoms with Crippen molar-refractivity contribution >= 4 is 0 Å². The van der Waals surface area contributed by atoms with Crippen LogP contribution in [0.3, 0.4) is 0 Å². The van der Waals surface area contributed by atoms with Crippen LogP contribution < -0.4 is 0 Å². The summed E-state index contributed by atoms with van der Waals surface area (Å²) in [5.41, 5.74) is 1.30. The summed E-state index contributed by atoms with van der Waals surface area (Å²) in [4.78, 5) is 0. The Balaban J connectivity index is 0.000000461. The lowest BCUT2D eigenvalue weighted by atomic mass is 10.1. The van der Waals surface area contributed by atoms with Gasteiger partial charge in [0, 0.05) is 13.2 Å².